The van der Waals surface area contributed by atoms with Gasteiger partial charge in [0.25, 0.3) is 0 Å². The molecule has 4 rings (SSSR count). The van der Waals surface area contributed by atoms with Crippen LogP contribution in [0.3, 0.4) is 0 Å². The van der Waals surface area contributed by atoms with Crippen molar-refractivity contribution in [1.82, 2.24) is 0 Å². The number of benzene rings is 1. The number of nitriles is 1. The second kappa shape index (κ2) is 8.34. The van der Waals surface area contributed by atoms with Crippen LogP contribution in [-0.2, 0) is 4.74 Å². The predicted molar refractivity (Wildman–Crippen MR) is 114 cm³/mol. The third kappa shape index (κ3) is 3.87. The summed E-state index contributed by atoms with van der Waals surface area (Å²) in [5.74, 6) is 2.39. The number of esters is 1. The summed E-state index contributed by atoms with van der Waals surface area (Å²) in [5.41, 5.74) is 2.37. The molecule has 3 aliphatic carbocycles. The van der Waals surface area contributed by atoms with Crippen molar-refractivity contribution in [3.05, 3.63) is 48.0 Å². The summed E-state index contributed by atoms with van der Waals surface area (Å²) >= 11 is 0. The third-order valence-electron chi connectivity index (χ3n) is 8.37. The van der Waals surface area contributed by atoms with E-state index in [-0.39, 0.29) is 12.1 Å². The van der Waals surface area contributed by atoms with Crippen molar-refractivity contribution in [3.8, 4) is 6.07 Å². The molecule has 154 valence electrons. The Balaban J connectivity index is 1.43. The molecule has 0 aliphatic heterocycles. The van der Waals surface area contributed by atoms with E-state index in [1.807, 2.05) is 30.3 Å². The van der Waals surface area contributed by atoms with Gasteiger partial charge in [0.2, 0.25) is 0 Å². The Bertz CT molecular complexity index is 795. The van der Waals surface area contributed by atoms with Crippen molar-refractivity contribution in [2.24, 2.45) is 29.1 Å². The van der Waals surface area contributed by atoms with Crippen LogP contribution in [0.2, 0.25) is 0 Å². The average Bonchev–Trinajstić information content (AvgIpc) is 2.73. The van der Waals surface area contributed by atoms with Crippen molar-refractivity contribution in [3.63, 3.8) is 0 Å². The van der Waals surface area contributed by atoms with Gasteiger partial charge in [0.1, 0.15) is 6.10 Å². The van der Waals surface area contributed by atoms with E-state index in [4.69, 9.17) is 10.00 Å². The molecule has 3 nitrogen and oxygen atoms in total. The van der Waals surface area contributed by atoms with Gasteiger partial charge < -0.3 is 4.74 Å². The molecule has 0 N–H and O–H groups in total. The lowest BCUT2D eigenvalue weighted by molar-refractivity contribution is -0.0944. The molecule has 3 fully saturated rings. The maximum Gasteiger partial charge on any atom is 0.338 e. The van der Waals surface area contributed by atoms with E-state index in [1.54, 1.807) is 0 Å². The number of ether oxygens (including phenoxy) is 1. The lowest BCUT2D eigenvalue weighted by Gasteiger charge is -2.58. The van der Waals surface area contributed by atoms with Gasteiger partial charge in [-0.1, -0.05) is 37.3 Å². The van der Waals surface area contributed by atoms with Crippen LogP contribution in [0, 0.1) is 40.4 Å². The maximum absolute atomic E-state index is 12.5. The minimum atomic E-state index is -0.182. The van der Waals surface area contributed by atoms with Crippen molar-refractivity contribution in [1.29, 1.82) is 5.26 Å². The van der Waals surface area contributed by atoms with Crippen molar-refractivity contribution in [2.45, 2.75) is 70.8 Å². The Kier molecular flexibility index (Phi) is 5.81. The number of rotatable bonds is 4. The second-order valence-electron chi connectivity index (χ2n) is 9.72. The standard InChI is InChI=1S/C26H33NO2/c1-18-10-13-24-23(22(18)9-6-16-27)12-11-20-17-21(14-15-26(20,24)2)29-25(28)19-7-4-3-5-8-19/h3-5,7-8,20-24H,1,6,9-15,17H2,2H3/t20-,21+,22-,23+,24+,26+/m1/s1. The molecule has 0 spiro atoms. The van der Waals surface area contributed by atoms with E-state index in [0.717, 1.165) is 38.0 Å². The number of hydrogen-bond acceptors (Lipinski definition) is 3. The van der Waals surface area contributed by atoms with Gasteiger partial charge in [-0.25, -0.2) is 4.79 Å². The number of fused-ring (bicyclic) bond motifs is 3. The summed E-state index contributed by atoms with van der Waals surface area (Å²) < 4.78 is 5.91. The monoisotopic (exact) mass is 391 g/mol. The van der Waals surface area contributed by atoms with Gasteiger partial charge in [-0.05, 0) is 92.6 Å². The predicted octanol–water partition coefficient (Wildman–Crippen LogP) is 6.31. The van der Waals surface area contributed by atoms with Gasteiger partial charge >= 0.3 is 5.97 Å². The molecule has 0 radical (unpaired) electrons. The van der Waals surface area contributed by atoms with Crippen LogP contribution in [0.25, 0.3) is 0 Å². The summed E-state index contributed by atoms with van der Waals surface area (Å²) in [4.78, 5) is 12.5. The van der Waals surface area contributed by atoms with Crippen LogP contribution in [0.5, 0.6) is 0 Å². The number of carbonyl (C=O) groups is 1. The van der Waals surface area contributed by atoms with E-state index in [2.05, 4.69) is 19.6 Å². The fraction of sp³-hybridized carbons (Fsp3) is 0.615. The Labute approximate surface area is 175 Å². The molecule has 0 heterocycles. The Morgan fingerprint density at radius 1 is 1.24 bits per heavy atom. The number of allylic oxidation sites excluding steroid dienone is 1. The summed E-state index contributed by atoms with van der Waals surface area (Å²) in [6, 6.07) is 11.7. The normalized spacial score (nSPS) is 36.4. The zero-order chi connectivity index (χ0) is 20.4. The highest BCUT2D eigenvalue weighted by Crippen LogP contribution is 2.61. The smallest absolute Gasteiger partial charge is 0.338 e. The van der Waals surface area contributed by atoms with Gasteiger partial charge in [-0.2, -0.15) is 5.26 Å². The molecule has 0 aromatic heterocycles. The van der Waals surface area contributed by atoms with Crippen LogP contribution in [0.4, 0.5) is 0 Å². The lowest BCUT2D eigenvalue weighted by atomic mass is 9.47. The van der Waals surface area contributed by atoms with E-state index in [0.29, 0.717) is 35.2 Å². The van der Waals surface area contributed by atoms with Crippen molar-refractivity contribution >= 4 is 5.97 Å². The molecule has 1 aromatic rings. The summed E-state index contributed by atoms with van der Waals surface area (Å²) in [5, 5.41) is 9.08. The minimum absolute atomic E-state index is 0.0465. The van der Waals surface area contributed by atoms with E-state index >= 15 is 0 Å². The molecule has 3 heteroatoms. The zero-order valence-electron chi connectivity index (χ0n) is 17.6. The van der Waals surface area contributed by atoms with E-state index < -0.39 is 0 Å². The first-order chi connectivity index (χ1) is 14.0. The van der Waals surface area contributed by atoms with Crippen LogP contribution in [-0.4, -0.2) is 12.1 Å². The molecular weight excluding hydrogens is 358 g/mol. The van der Waals surface area contributed by atoms with Crippen LogP contribution >= 0.6 is 0 Å². The Morgan fingerprint density at radius 2 is 2.03 bits per heavy atom. The van der Waals surface area contributed by atoms with Gasteiger partial charge in [-0.15, -0.1) is 0 Å². The van der Waals surface area contributed by atoms with Gasteiger partial charge in [0.15, 0.2) is 0 Å². The highest BCUT2D eigenvalue weighted by molar-refractivity contribution is 5.89. The quantitative estimate of drug-likeness (QED) is 0.446. The Morgan fingerprint density at radius 3 is 2.79 bits per heavy atom. The highest BCUT2D eigenvalue weighted by atomic mass is 16.5. The summed E-state index contributed by atoms with van der Waals surface area (Å²) in [6.45, 7) is 6.87. The zero-order valence-corrected chi connectivity index (χ0v) is 17.6. The first kappa shape index (κ1) is 20.2. The fourth-order valence-corrected chi connectivity index (χ4v) is 6.79. The molecule has 1 aromatic carbocycles. The molecule has 0 bridgehead atoms. The topological polar surface area (TPSA) is 50.1 Å². The number of carbonyl (C=O) groups excluding carboxylic acids is 1. The highest BCUT2D eigenvalue weighted by Gasteiger charge is 2.53. The molecule has 29 heavy (non-hydrogen) atoms. The van der Waals surface area contributed by atoms with Crippen molar-refractivity contribution in [2.75, 3.05) is 0 Å². The minimum Gasteiger partial charge on any atom is -0.459 e. The van der Waals surface area contributed by atoms with Crippen LogP contribution in [0.1, 0.15) is 75.1 Å². The van der Waals surface area contributed by atoms with Gasteiger partial charge in [0, 0.05) is 6.42 Å². The van der Waals surface area contributed by atoms with Crippen LogP contribution in [0.15, 0.2) is 42.5 Å². The molecule has 3 saturated carbocycles. The Hall–Kier alpha value is -2.08. The fourth-order valence-electron chi connectivity index (χ4n) is 6.79. The molecule has 3 aliphatic rings. The first-order valence-corrected chi connectivity index (χ1v) is 11.3. The lowest BCUT2D eigenvalue weighted by Crippen LogP contribution is -2.51. The van der Waals surface area contributed by atoms with E-state index in [1.165, 1.54) is 24.8 Å². The van der Waals surface area contributed by atoms with Gasteiger partial charge in [0.05, 0.1) is 11.6 Å². The van der Waals surface area contributed by atoms with E-state index in [9.17, 15) is 4.79 Å². The average molecular weight is 392 g/mol. The number of hydrogen-bond donors (Lipinski definition) is 0. The number of nitrogens with zero attached hydrogens (tertiary/aromatic N) is 1. The molecule has 6 atom stereocenters. The maximum atomic E-state index is 12.5. The van der Waals surface area contributed by atoms with Crippen LogP contribution < -0.4 is 0 Å². The second-order valence-corrected chi connectivity index (χ2v) is 9.72. The SMILES string of the molecule is C=C1CC[C@H]2[C@@H](CC[C@@H]3C[C@@H](OC(=O)c4ccccc4)CC[C@@]32C)[C@@H]1CCC#N. The summed E-state index contributed by atoms with van der Waals surface area (Å²) in [6.07, 6.45) is 9.60. The van der Waals surface area contributed by atoms with Crippen molar-refractivity contribution < 1.29 is 9.53 Å². The molecular formula is C26H33NO2. The first-order valence-electron chi connectivity index (χ1n) is 11.3. The molecule has 0 unspecified atom stereocenters. The summed E-state index contributed by atoms with van der Waals surface area (Å²) in [7, 11) is 0. The largest absolute Gasteiger partial charge is 0.459 e. The van der Waals surface area contributed by atoms with Gasteiger partial charge in [-0.3, -0.25) is 0 Å². The molecule has 0 saturated heterocycles. The third-order valence-corrected chi connectivity index (χ3v) is 8.37. The molecule has 0 amide bonds.